The van der Waals surface area contributed by atoms with Gasteiger partial charge in [-0.05, 0) is 24.5 Å². The number of rotatable bonds is 4. The molecule has 1 fully saturated rings. The Kier molecular flexibility index (Phi) is 4.36. The molecule has 0 bridgehead atoms. The molecule has 0 radical (unpaired) electrons. The quantitative estimate of drug-likeness (QED) is 0.905. The van der Waals surface area contributed by atoms with Crippen LogP contribution in [0.2, 0.25) is 0 Å². The molecule has 2 heterocycles. The Bertz CT molecular complexity index is 562. The molecule has 1 aromatic carbocycles. The smallest absolute Gasteiger partial charge is 0.0549 e. The van der Waals surface area contributed by atoms with Crippen molar-refractivity contribution >= 4 is 11.4 Å². The van der Waals surface area contributed by atoms with E-state index >= 15 is 0 Å². The molecule has 0 amide bonds. The standard InChI is InChI=1S/C17H22N4/c18-15-10-17(12-19-11-15)20-16-6-8-21(9-7-16)13-14-4-2-1-3-5-14/h1-5,10-12,16,20H,6-9,13,18H2. The second-order valence-electron chi connectivity index (χ2n) is 5.69. The van der Waals surface area contributed by atoms with Crippen molar-refractivity contribution in [3.63, 3.8) is 0 Å². The Morgan fingerprint density at radius 1 is 1.14 bits per heavy atom. The van der Waals surface area contributed by atoms with Crippen molar-refractivity contribution in [1.82, 2.24) is 9.88 Å². The van der Waals surface area contributed by atoms with Crippen molar-refractivity contribution in [2.24, 2.45) is 0 Å². The van der Waals surface area contributed by atoms with Gasteiger partial charge in [0.2, 0.25) is 0 Å². The molecule has 1 aliphatic rings. The topological polar surface area (TPSA) is 54.2 Å². The molecule has 2 aromatic rings. The number of aromatic nitrogens is 1. The lowest BCUT2D eigenvalue weighted by atomic mass is 10.0. The third kappa shape index (κ3) is 3.95. The van der Waals surface area contributed by atoms with E-state index < -0.39 is 0 Å². The number of hydrogen-bond acceptors (Lipinski definition) is 4. The van der Waals surface area contributed by atoms with Gasteiger partial charge >= 0.3 is 0 Å². The molecule has 110 valence electrons. The monoisotopic (exact) mass is 282 g/mol. The van der Waals surface area contributed by atoms with Crippen LogP contribution in [-0.2, 0) is 6.54 Å². The molecule has 1 aromatic heterocycles. The van der Waals surface area contributed by atoms with Gasteiger partial charge in [-0.1, -0.05) is 30.3 Å². The van der Waals surface area contributed by atoms with Crippen molar-refractivity contribution in [2.75, 3.05) is 24.1 Å². The first-order valence-electron chi connectivity index (χ1n) is 7.53. The summed E-state index contributed by atoms with van der Waals surface area (Å²) in [5.41, 5.74) is 8.89. The highest BCUT2D eigenvalue weighted by Crippen LogP contribution is 2.18. The van der Waals surface area contributed by atoms with Gasteiger partial charge in [0.05, 0.1) is 17.6 Å². The minimum absolute atomic E-state index is 0.514. The maximum atomic E-state index is 5.76. The highest BCUT2D eigenvalue weighted by atomic mass is 15.1. The molecule has 3 N–H and O–H groups in total. The number of piperidine rings is 1. The van der Waals surface area contributed by atoms with E-state index in [0.29, 0.717) is 11.7 Å². The molecule has 0 atom stereocenters. The van der Waals surface area contributed by atoms with Crippen LogP contribution in [0.15, 0.2) is 48.8 Å². The molecular weight excluding hydrogens is 260 g/mol. The minimum Gasteiger partial charge on any atom is -0.397 e. The van der Waals surface area contributed by atoms with Gasteiger partial charge in [0.15, 0.2) is 0 Å². The third-order valence-corrected chi connectivity index (χ3v) is 3.97. The van der Waals surface area contributed by atoms with Crippen molar-refractivity contribution < 1.29 is 0 Å². The van der Waals surface area contributed by atoms with Crippen LogP contribution in [0.3, 0.4) is 0 Å². The second kappa shape index (κ2) is 6.59. The van der Waals surface area contributed by atoms with Crippen LogP contribution >= 0.6 is 0 Å². The number of nitrogen functional groups attached to an aromatic ring is 1. The summed E-state index contributed by atoms with van der Waals surface area (Å²) in [6, 6.07) is 13.1. The molecule has 1 aliphatic heterocycles. The van der Waals surface area contributed by atoms with Gasteiger partial charge < -0.3 is 11.1 Å². The largest absolute Gasteiger partial charge is 0.397 e. The number of nitrogens with zero attached hydrogens (tertiary/aromatic N) is 2. The Hall–Kier alpha value is -2.07. The zero-order valence-electron chi connectivity index (χ0n) is 12.2. The van der Waals surface area contributed by atoms with E-state index in [9.17, 15) is 0 Å². The van der Waals surface area contributed by atoms with Crippen LogP contribution in [0.4, 0.5) is 11.4 Å². The highest BCUT2D eigenvalue weighted by Gasteiger charge is 2.19. The molecule has 0 saturated carbocycles. The van der Waals surface area contributed by atoms with Gasteiger partial charge in [-0.15, -0.1) is 0 Å². The first-order valence-corrected chi connectivity index (χ1v) is 7.53. The normalized spacial score (nSPS) is 16.8. The maximum absolute atomic E-state index is 5.76. The van der Waals surface area contributed by atoms with Gasteiger partial charge in [0.1, 0.15) is 0 Å². The summed E-state index contributed by atoms with van der Waals surface area (Å²) in [6.45, 7) is 3.30. The minimum atomic E-state index is 0.514. The summed E-state index contributed by atoms with van der Waals surface area (Å²) in [4.78, 5) is 6.64. The fraction of sp³-hybridized carbons (Fsp3) is 0.353. The van der Waals surface area contributed by atoms with E-state index in [1.54, 1.807) is 6.20 Å². The number of pyridine rings is 1. The number of nitrogens with one attached hydrogen (secondary N) is 1. The van der Waals surface area contributed by atoms with Crippen molar-refractivity contribution in [1.29, 1.82) is 0 Å². The Morgan fingerprint density at radius 3 is 2.62 bits per heavy atom. The number of anilines is 2. The third-order valence-electron chi connectivity index (χ3n) is 3.97. The Morgan fingerprint density at radius 2 is 1.90 bits per heavy atom. The Labute approximate surface area is 126 Å². The summed E-state index contributed by atoms with van der Waals surface area (Å²) < 4.78 is 0. The summed E-state index contributed by atoms with van der Waals surface area (Å²) in [5, 5.41) is 3.54. The zero-order chi connectivity index (χ0) is 14.5. The van der Waals surface area contributed by atoms with Gasteiger partial charge in [-0.2, -0.15) is 0 Å². The van der Waals surface area contributed by atoms with E-state index in [4.69, 9.17) is 5.73 Å². The van der Waals surface area contributed by atoms with E-state index in [1.165, 1.54) is 5.56 Å². The molecule has 1 saturated heterocycles. The van der Waals surface area contributed by atoms with Crippen LogP contribution in [0.25, 0.3) is 0 Å². The predicted octanol–water partition coefficient (Wildman–Crippen LogP) is 2.74. The van der Waals surface area contributed by atoms with Crippen LogP contribution in [0.1, 0.15) is 18.4 Å². The van der Waals surface area contributed by atoms with Crippen LogP contribution in [0.5, 0.6) is 0 Å². The van der Waals surface area contributed by atoms with Crippen molar-refractivity contribution in [3.8, 4) is 0 Å². The number of hydrogen-bond donors (Lipinski definition) is 2. The molecule has 4 nitrogen and oxygen atoms in total. The summed E-state index contributed by atoms with van der Waals surface area (Å²) in [6.07, 6.45) is 5.82. The fourth-order valence-electron chi connectivity index (χ4n) is 2.85. The average molecular weight is 282 g/mol. The number of benzene rings is 1. The van der Waals surface area contributed by atoms with Gasteiger partial charge in [-0.3, -0.25) is 9.88 Å². The van der Waals surface area contributed by atoms with Gasteiger partial charge in [0, 0.05) is 31.9 Å². The first-order chi connectivity index (χ1) is 10.3. The Balaban J connectivity index is 1.49. The van der Waals surface area contributed by atoms with Crippen molar-refractivity contribution in [2.45, 2.75) is 25.4 Å². The summed E-state index contributed by atoms with van der Waals surface area (Å²) in [7, 11) is 0. The summed E-state index contributed by atoms with van der Waals surface area (Å²) >= 11 is 0. The van der Waals surface area contributed by atoms with E-state index in [-0.39, 0.29) is 0 Å². The average Bonchev–Trinajstić information content (AvgIpc) is 2.50. The zero-order valence-corrected chi connectivity index (χ0v) is 12.2. The molecule has 0 aliphatic carbocycles. The molecule has 4 heteroatoms. The second-order valence-corrected chi connectivity index (χ2v) is 5.69. The molecule has 3 rings (SSSR count). The van der Waals surface area contributed by atoms with E-state index in [0.717, 1.165) is 38.2 Å². The van der Waals surface area contributed by atoms with Crippen LogP contribution in [-0.4, -0.2) is 29.0 Å². The number of nitrogens with two attached hydrogens (primary N) is 1. The van der Waals surface area contributed by atoms with E-state index in [2.05, 4.69) is 45.5 Å². The number of likely N-dealkylation sites (tertiary alicyclic amines) is 1. The lowest BCUT2D eigenvalue weighted by Gasteiger charge is -2.32. The van der Waals surface area contributed by atoms with E-state index in [1.807, 2.05) is 12.3 Å². The molecule has 0 spiro atoms. The van der Waals surface area contributed by atoms with Crippen LogP contribution < -0.4 is 11.1 Å². The predicted molar refractivity (Wildman–Crippen MR) is 87.0 cm³/mol. The highest BCUT2D eigenvalue weighted by molar-refractivity contribution is 5.51. The van der Waals surface area contributed by atoms with Gasteiger partial charge in [-0.25, -0.2) is 0 Å². The fourth-order valence-corrected chi connectivity index (χ4v) is 2.85. The van der Waals surface area contributed by atoms with Crippen LogP contribution in [0, 0.1) is 0 Å². The molecule has 0 unspecified atom stereocenters. The lowest BCUT2D eigenvalue weighted by Crippen LogP contribution is -2.38. The SMILES string of the molecule is Nc1cncc(NC2CCN(Cc3ccccc3)CC2)c1. The van der Waals surface area contributed by atoms with Gasteiger partial charge in [0.25, 0.3) is 0 Å². The first kappa shape index (κ1) is 13.9. The lowest BCUT2D eigenvalue weighted by molar-refractivity contribution is 0.211. The molecule has 21 heavy (non-hydrogen) atoms. The molecular formula is C17H22N4. The van der Waals surface area contributed by atoms with Crippen molar-refractivity contribution in [3.05, 3.63) is 54.4 Å². The maximum Gasteiger partial charge on any atom is 0.0549 e. The summed E-state index contributed by atoms with van der Waals surface area (Å²) in [5.74, 6) is 0.